The van der Waals surface area contributed by atoms with E-state index in [-0.39, 0.29) is 23.1 Å². The lowest BCUT2D eigenvalue weighted by Gasteiger charge is -2.28. The second kappa shape index (κ2) is 6.88. The van der Waals surface area contributed by atoms with Gasteiger partial charge in [-0.3, -0.25) is 4.79 Å². The minimum atomic E-state index is -0.519. The zero-order chi connectivity index (χ0) is 18.0. The molecule has 1 unspecified atom stereocenters. The van der Waals surface area contributed by atoms with Crippen LogP contribution in [0.2, 0.25) is 0 Å². The highest BCUT2D eigenvalue weighted by Gasteiger charge is 2.28. The molecule has 1 heterocycles. The zero-order valence-electron chi connectivity index (χ0n) is 14.1. The van der Waals surface area contributed by atoms with E-state index in [1.54, 1.807) is 0 Å². The largest absolute Gasteiger partial charge is 0.494 e. The van der Waals surface area contributed by atoms with Gasteiger partial charge in [0.15, 0.2) is 0 Å². The Morgan fingerprint density at radius 2 is 2.24 bits per heavy atom. The molecule has 3 amide bonds. The van der Waals surface area contributed by atoms with E-state index < -0.39 is 11.9 Å². The van der Waals surface area contributed by atoms with Gasteiger partial charge in [0.05, 0.1) is 24.0 Å². The molecule has 7 nitrogen and oxygen atoms in total. The summed E-state index contributed by atoms with van der Waals surface area (Å²) in [5.41, 5.74) is 8.50. The molecule has 0 fully saturated rings. The molecule has 0 bridgehead atoms. The van der Waals surface area contributed by atoms with E-state index in [0.29, 0.717) is 6.61 Å². The number of aryl methyl sites for hydroxylation is 1. The molecular formula is C18H22N4O3. The third-order valence-corrected chi connectivity index (χ3v) is 4.37. The van der Waals surface area contributed by atoms with Gasteiger partial charge in [0, 0.05) is 0 Å². The number of carbonyl (C=O) groups is 2. The Hall–Kier alpha value is -2.96. The average molecular weight is 342 g/mol. The highest BCUT2D eigenvalue weighted by atomic mass is 16.5. The predicted molar refractivity (Wildman–Crippen MR) is 93.5 cm³/mol. The Morgan fingerprint density at radius 1 is 1.44 bits per heavy atom. The van der Waals surface area contributed by atoms with E-state index in [2.05, 4.69) is 22.5 Å². The number of hydrogen-bond donors (Lipinski definition) is 4. The second-order valence-electron chi connectivity index (χ2n) is 6.06. The van der Waals surface area contributed by atoms with Gasteiger partial charge >= 0.3 is 6.03 Å². The van der Waals surface area contributed by atoms with Crippen molar-refractivity contribution in [2.24, 2.45) is 5.73 Å². The van der Waals surface area contributed by atoms with Gasteiger partial charge in [-0.1, -0.05) is 12.6 Å². The fraction of sp³-hybridized carbons (Fsp3) is 0.333. The van der Waals surface area contributed by atoms with Gasteiger partial charge in [0.2, 0.25) is 0 Å². The lowest BCUT2D eigenvalue weighted by molar-refractivity contribution is -0.118. The van der Waals surface area contributed by atoms with E-state index in [1.165, 1.54) is 5.56 Å². The van der Waals surface area contributed by atoms with E-state index in [9.17, 15) is 9.59 Å². The zero-order valence-corrected chi connectivity index (χ0v) is 14.1. The maximum absolute atomic E-state index is 12.6. The maximum Gasteiger partial charge on any atom is 0.323 e. The quantitative estimate of drug-likeness (QED) is 0.666. The van der Waals surface area contributed by atoms with Crippen LogP contribution < -0.4 is 26.4 Å². The molecule has 1 atom stereocenters. The van der Waals surface area contributed by atoms with Crippen LogP contribution in [0.3, 0.4) is 0 Å². The van der Waals surface area contributed by atoms with Gasteiger partial charge < -0.3 is 26.4 Å². The highest BCUT2D eigenvalue weighted by Crippen LogP contribution is 2.32. The molecule has 5 N–H and O–H groups in total. The number of fused-ring (bicyclic) bond motifs is 1. The fourth-order valence-corrected chi connectivity index (χ4v) is 3.17. The van der Waals surface area contributed by atoms with Crippen LogP contribution in [0.1, 0.15) is 36.9 Å². The van der Waals surface area contributed by atoms with Crippen LogP contribution in [-0.2, 0) is 11.2 Å². The number of amides is 3. The molecule has 25 heavy (non-hydrogen) atoms. The fourth-order valence-electron chi connectivity index (χ4n) is 3.17. The third kappa shape index (κ3) is 3.45. The Morgan fingerprint density at radius 3 is 3.00 bits per heavy atom. The lowest BCUT2D eigenvalue weighted by atomic mass is 9.87. The van der Waals surface area contributed by atoms with Crippen molar-refractivity contribution < 1.29 is 14.3 Å². The van der Waals surface area contributed by atoms with Gasteiger partial charge in [-0.2, -0.15) is 0 Å². The summed E-state index contributed by atoms with van der Waals surface area (Å²) >= 11 is 0. The van der Waals surface area contributed by atoms with Crippen LogP contribution in [0.4, 0.5) is 4.79 Å². The van der Waals surface area contributed by atoms with Crippen LogP contribution in [0, 0.1) is 0 Å². The monoisotopic (exact) mass is 342 g/mol. The highest BCUT2D eigenvalue weighted by molar-refractivity contribution is 6.00. The maximum atomic E-state index is 12.6. The summed E-state index contributed by atoms with van der Waals surface area (Å²) in [6.07, 6.45) is 2.74. The second-order valence-corrected chi connectivity index (χ2v) is 6.06. The molecule has 0 saturated heterocycles. The Bertz CT molecular complexity index is 770. The van der Waals surface area contributed by atoms with E-state index in [0.717, 1.165) is 30.6 Å². The normalized spacial score (nSPS) is 19.6. The Kier molecular flexibility index (Phi) is 4.65. The van der Waals surface area contributed by atoms with E-state index in [4.69, 9.17) is 10.5 Å². The summed E-state index contributed by atoms with van der Waals surface area (Å²) in [7, 11) is 0. The Labute approximate surface area is 146 Å². The minimum Gasteiger partial charge on any atom is -0.494 e. The molecule has 1 aliphatic carbocycles. The number of nitrogens with two attached hydrogens (primary N) is 1. The molecule has 1 aromatic rings. The summed E-state index contributed by atoms with van der Waals surface area (Å²) in [6, 6.07) is 5.28. The van der Waals surface area contributed by atoms with Crippen molar-refractivity contribution >= 4 is 11.9 Å². The van der Waals surface area contributed by atoms with Crippen LogP contribution >= 0.6 is 0 Å². The molecule has 0 radical (unpaired) electrons. The first-order valence-electron chi connectivity index (χ1n) is 8.33. The van der Waals surface area contributed by atoms with Crippen LogP contribution in [0.15, 0.2) is 41.9 Å². The van der Waals surface area contributed by atoms with Gasteiger partial charge in [0.1, 0.15) is 11.4 Å². The predicted octanol–water partition coefficient (Wildman–Crippen LogP) is 1.58. The molecule has 132 valence electrons. The molecule has 0 saturated carbocycles. The summed E-state index contributed by atoms with van der Waals surface area (Å²) < 4.78 is 5.55. The van der Waals surface area contributed by atoms with Crippen LogP contribution in [-0.4, -0.2) is 18.5 Å². The molecule has 3 rings (SSSR count). The number of hydrogen-bond acceptors (Lipinski definition) is 4. The molecule has 7 heteroatoms. The van der Waals surface area contributed by atoms with Crippen molar-refractivity contribution in [1.29, 1.82) is 0 Å². The van der Waals surface area contributed by atoms with Crippen molar-refractivity contribution in [3.8, 4) is 5.75 Å². The number of carbonyl (C=O) groups excluding carboxylic acids is 2. The number of urea groups is 1. The van der Waals surface area contributed by atoms with Gasteiger partial charge in [-0.15, -0.1) is 0 Å². The first-order valence-corrected chi connectivity index (χ1v) is 8.33. The van der Waals surface area contributed by atoms with Crippen molar-refractivity contribution in [3.63, 3.8) is 0 Å². The summed E-state index contributed by atoms with van der Waals surface area (Å²) in [6.45, 7) is 6.20. The SMILES string of the molecule is C=C1NC(=O)NC(C(=O)NC2CCCc3cc(OCC)ccc32)=C1N. The molecule has 2 aliphatic rings. The first kappa shape index (κ1) is 16.9. The average Bonchev–Trinajstić information content (AvgIpc) is 2.58. The van der Waals surface area contributed by atoms with Gasteiger partial charge in [-0.25, -0.2) is 4.79 Å². The van der Waals surface area contributed by atoms with Crippen molar-refractivity contribution in [1.82, 2.24) is 16.0 Å². The number of nitrogens with one attached hydrogen (secondary N) is 3. The summed E-state index contributed by atoms with van der Waals surface area (Å²) in [4.78, 5) is 24.1. The lowest BCUT2D eigenvalue weighted by Crippen LogP contribution is -2.47. The van der Waals surface area contributed by atoms with E-state index in [1.807, 2.05) is 25.1 Å². The summed E-state index contributed by atoms with van der Waals surface area (Å²) in [5, 5.41) is 7.84. The third-order valence-electron chi connectivity index (χ3n) is 4.37. The first-order chi connectivity index (χ1) is 12.0. The topological polar surface area (TPSA) is 105 Å². The number of benzene rings is 1. The van der Waals surface area contributed by atoms with E-state index >= 15 is 0 Å². The number of rotatable bonds is 4. The molecule has 0 aromatic heterocycles. The van der Waals surface area contributed by atoms with Crippen molar-refractivity contribution in [2.45, 2.75) is 32.2 Å². The molecular weight excluding hydrogens is 320 g/mol. The molecule has 0 spiro atoms. The van der Waals surface area contributed by atoms with Crippen LogP contribution in [0.5, 0.6) is 5.75 Å². The van der Waals surface area contributed by atoms with Gasteiger partial charge in [0.25, 0.3) is 5.91 Å². The smallest absolute Gasteiger partial charge is 0.323 e. The number of ether oxygens (including phenoxy) is 1. The Balaban J connectivity index is 1.80. The molecule has 1 aromatic carbocycles. The van der Waals surface area contributed by atoms with Crippen molar-refractivity contribution in [2.75, 3.05) is 6.61 Å². The molecule has 1 aliphatic heterocycles. The van der Waals surface area contributed by atoms with Crippen LogP contribution in [0.25, 0.3) is 0 Å². The standard InChI is InChI=1S/C18H22N4O3/c1-3-25-12-7-8-13-11(9-12)5-4-6-14(13)21-17(23)16-15(19)10(2)20-18(24)22-16/h7-9,14H,2-6,19H2,1H3,(H,21,23)(H2,20,22,24). The minimum absolute atomic E-state index is 0.0341. The summed E-state index contributed by atoms with van der Waals surface area (Å²) in [5.74, 6) is 0.419. The van der Waals surface area contributed by atoms with Gasteiger partial charge in [-0.05, 0) is 49.4 Å². The van der Waals surface area contributed by atoms with Crippen molar-refractivity contribution in [3.05, 3.63) is 53.0 Å².